The summed E-state index contributed by atoms with van der Waals surface area (Å²) in [5.41, 5.74) is 5.90. The first-order chi connectivity index (χ1) is 14.6. The first kappa shape index (κ1) is 19.6. The Morgan fingerprint density at radius 2 is 1.93 bits per heavy atom. The van der Waals surface area contributed by atoms with Gasteiger partial charge in [-0.2, -0.15) is 5.26 Å². The third-order valence-corrected chi connectivity index (χ3v) is 5.53. The Morgan fingerprint density at radius 1 is 1.13 bits per heavy atom. The Bertz CT molecular complexity index is 1220. The quantitative estimate of drug-likeness (QED) is 0.609. The maximum atomic E-state index is 13.0. The highest BCUT2D eigenvalue weighted by molar-refractivity contribution is 6.00. The molecule has 0 fully saturated rings. The number of aromatic nitrogens is 1. The fraction of sp³-hybridized carbons (Fsp3) is 0.192. The van der Waals surface area contributed by atoms with Crippen molar-refractivity contribution in [2.75, 3.05) is 0 Å². The average molecular weight is 393 g/mol. The van der Waals surface area contributed by atoms with Crippen molar-refractivity contribution in [2.24, 2.45) is 0 Å². The van der Waals surface area contributed by atoms with Crippen molar-refractivity contribution < 1.29 is 4.79 Å². The second-order valence-corrected chi connectivity index (χ2v) is 7.50. The number of allylic oxidation sites excluding steroid dienone is 3. The minimum atomic E-state index is -0.396. The van der Waals surface area contributed by atoms with Crippen LogP contribution in [-0.4, -0.2) is 10.8 Å². The molecule has 0 bridgehead atoms. The van der Waals surface area contributed by atoms with Crippen molar-refractivity contribution >= 4 is 16.7 Å². The lowest BCUT2D eigenvalue weighted by Gasteiger charge is -2.27. The van der Waals surface area contributed by atoms with Crippen LogP contribution in [0.2, 0.25) is 0 Å². The summed E-state index contributed by atoms with van der Waals surface area (Å²) >= 11 is 0. The molecular formula is C26H23N3O. The number of hydrogen-bond acceptors (Lipinski definition) is 4. The first-order valence-corrected chi connectivity index (χ1v) is 10.2. The van der Waals surface area contributed by atoms with Crippen LogP contribution in [0.3, 0.4) is 0 Å². The van der Waals surface area contributed by atoms with Gasteiger partial charge in [0.05, 0.1) is 23.1 Å². The van der Waals surface area contributed by atoms with Crippen LogP contribution in [-0.2, 0) is 4.79 Å². The number of dihydropyridines is 1. The number of carbonyl (C=O) groups excluding carboxylic acids is 1. The molecule has 1 aromatic heterocycles. The number of hydrogen-bond donors (Lipinski definition) is 1. The van der Waals surface area contributed by atoms with E-state index in [1.165, 1.54) is 0 Å². The normalized spacial score (nSPS) is 16.0. The van der Waals surface area contributed by atoms with E-state index in [2.05, 4.69) is 34.6 Å². The zero-order valence-electron chi connectivity index (χ0n) is 17.1. The summed E-state index contributed by atoms with van der Waals surface area (Å²) in [6.07, 6.45) is 4.82. The average Bonchev–Trinajstić information content (AvgIpc) is 2.78. The van der Waals surface area contributed by atoms with E-state index in [1.54, 1.807) is 6.20 Å². The number of fused-ring (bicyclic) bond motifs is 1. The summed E-state index contributed by atoms with van der Waals surface area (Å²) < 4.78 is 0. The fourth-order valence-electron chi connectivity index (χ4n) is 4.08. The van der Waals surface area contributed by atoms with Crippen molar-refractivity contribution in [1.82, 2.24) is 10.3 Å². The fourth-order valence-corrected chi connectivity index (χ4v) is 4.08. The number of carbonyl (C=O) groups is 1. The molecule has 0 aliphatic carbocycles. The van der Waals surface area contributed by atoms with Crippen LogP contribution >= 0.6 is 0 Å². The van der Waals surface area contributed by atoms with Gasteiger partial charge in [-0.05, 0) is 36.6 Å². The Balaban J connectivity index is 1.93. The third kappa shape index (κ3) is 3.51. The predicted molar refractivity (Wildman–Crippen MR) is 119 cm³/mol. The van der Waals surface area contributed by atoms with Gasteiger partial charge in [-0.25, -0.2) is 0 Å². The Hall–Kier alpha value is -3.71. The molecule has 1 aliphatic heterocycles. The van der Waals surface area contributed by atoms with Gasteiger partial charge in [-0.3, -0.25) is 9.78 Å². The summed E-state index contributed by atoms with van der Waals surface area (Å²) in [6, 6.07) is 20.4. The second-order valence-electron chi connectivity index (χ2n) is 7.50. The lowest BCUT2D eigenvalue weighted by atomic mass is 9.78. The van der Waals surface area contributed by atoms with E-state index in [1.807, 2.05) is 56.4 Å². The smallest absolute Gasteiger partial charge is 0.161 e. The molecule has 0 spiro atoms. The zero-order chi connectivity index (χ0) is 21.1. The van der Waals surface area contributed by atoms with Crippen LogP contribution in [0, 0.1) is 11.3 Å². The number of ketones is 1. The largest absolute Gasteiger partial charge is 0.364 e. The minimum Gasteiger partial charge on any atom is -0.364 e. The predicted octanol–water partition coefficient (Wildman–Crippen LogP) is 5.64. The SMILES string of the molecule is CCCC(=O)C1=C(C)NC=C(C#N)C1c1cccc2ncc(-c3ccccc3)cc12. The van der Waals surface area contributed by atoms with Crippen molar-refractivity contribution in [3.05, 3.63) is 89.4 Å². The molecule has 148 valence electrons. The van der Waals surface area contributed by atoms with Crippen LogP contribution in [0.5, 0.6) is 0 Å². The number of Topliss-reactive ketones (excluding diaryl/α,β-unsaturated/α-hetero) is 1. The molecule has 0 saturated carbocycles. The van der Waals surface area contributed by atoms with Crippen molar-refractivity contribution in [3.8, 4) is 17.2 Å². The number of benzene rings is 2. The molecule has 4 heteroatoms. The topological polar surface area (TPSA) is 65.8 Å². The van der Waals surface area contributed by atoms with Gasteiger partial charge in [0.1, 0.15) is 0 Å². The molecule has 4 rings (SSSR count). The van der Waals surface area contributed by atoms with Gasteiger partial charge >= 0.3 is 0 Å². The molecule has 1 unspecified atom stereocenters. The van der Waals surface area contributed by atoms with E-state index in [-0.39, 0.29) is 5.78 Å². The highest BCUT2D eigenvalue weighted by atomic mass is 16.1. The first-order valence-electron chi connectivity index (χ1n) is 10.2. The Labute approximate surface area is 176 Å². The number of rotatable bonds is 5. The van der Waals surface area contributed by atoms with Gasteiger partial charge in [0.2, 0.25) is 0 Å². The number of nitrogens with zero attached hydrogens (tertiary/aromatic N) is 2. The molecule has 3 aromatic rings. The second kappa shape index (κ2) is 8.34. The zero-order valence-corrected chi connectivity index (χ0v) is 17.1. The monoisotopic (exact) mass is 393 g/mol. The Kier molecular flexibility index (Phi) is 5.45. The van der Waals surface area contributed by atoms with E-state index in [4.69, 9.17) is 0 Å². The van der Waals surface area contributed by atoms with Gasteiger partial charge in [0.25, 0.3) is 0 Å². The third-order valence-electron chi connectivity index (χ3n) is 5.53. The molecule has 4 nitrogen and oxygen atoms in total. The molecular weight excluding hydrogens is 370 g/mol. The number of nitriles is 1. The molecule has 30 heavy (non-hydrogen) atoms. The van der Waals surface area contributed by atoms with Crippen molar-refractivity contribution in [3.63, 3.8) is 0 Å². The molecule has 1 atom stereocenters. The molecule has 0 amide bonds. The Morgan fingerprint density at radius 3 is 2.67 bits per heavy atom. The van der Waals surface area contributed by atoms with Crippen LogP contribution < -0.4 is 5.32 Å². The van der Waals surface area contributed by atoms with Crippen LogP contribution in [0.1, 0.15) is 38.2 Å². The number of nitrogens with one attached hydrogen (secondary N) is 1. The lowest BCUT2D eigenvalue weighted by Crippen LogP contribution is -2.24. The van der Waals surface area contributed by atoms with Crippen LogP contribution in [0.25, 0.3) is 22.0 Å². The molecule has 2 aromatic carbocycles. The molecule has 1 aliphatic rings. The minimum absolute atomic E-state index is 0.0810. The number of pyridine rings is 1. The molecule has 1 N–H and O–H groups in total. The van der Waals surface area contributed by atoms with Crippen molar-refractivity contribution in [2.45, 2.75) is 32.6 Å². The van der Waals surface area contributed by atoms with Gasteiger partial charge in [0.15, 0.2) is 5.78 Å². The van der Waals surface area contributed by atoms with Crippen molar-refractivity contribution in [1.29, 1.82) is 5.26 Å². The molecule has 0 radical (unpaired) electrons. The van der Waals surface area contributed by atoms with E-state index >= 15 is 0 Å². The summed E-state index contributed by atoms with van der Waals surface area (Å²) in [4.78, 5) is 17.7. The van der Waals surface area contributed by atoms with Gasteiger partial charge in [0, 0.05) is 41.0 Å². The van der Waals surface area contributed by atoms with Crippen LogP contribution in [0.15, 0.2) is 83.8 Å². The standard InChI is InChI=1S/C26H23N3O/c1-3-8-24(30)25-17(2)28-16-20(14-27)26(25)21-11-7-12-23-22(21)13-19(15-29-23)18-9-5-4-6-10-18/h4-7,9-13,15-16,26,28H,3,8H2,1-2H3. The maximum Gasteiger partial charge on any atom is 0.161 e. The van der Waals surface area contributed by atoms with E-state index in [9.17, 15) is 10.1 Å². The van der Waals surface area contributed by atoms with E-state index in [0.29, 0.717) is 17.6 Å². The van der Waals surface area contributed by atoms with Gasteiger partial charge in [-0.15, -0.1) is 0 Å². The summed E-state index contributed by atoms with van der Waals surface area (Å²) in [7, 11) is 0. The van der Waals surface area contributed by atoms with E-state index < -0.39 is 5.92 Å². The van der Waals surface area contributed by atoms with Gasteiger partial charge in [-0.1, -0.05) is 49.4 Å². The van der Waals surface area contributed by atoms with Crippen LogP contribution in [0.4, 0.5) is 0 Å². The maximum absolute atomic E-state index is 13.0. The summed E-state index contributed by atoms with van der Waals surface area (Å²) in [5.74, 6) is -0.315. The molecule has 2 heterocycles. The highest BCUT2D eigenvalue weighted by Gasteiger charge is 2.31. The van der Waals surface area contributed by atoms with Gasteiger partial charge < -0.3 is 5.32 Å². The summed E-state index contributed by atoms with van der Waals surface area (Å²) in [5, 5.41) is 13.9. The summed E-state index contributed by atoms with van der Waals surface area (Å²) in [6.45, 7) is 3.90. The van der Waals surface area contributed by atoms with E-state index in [0.717, 1.165) is 39.7 Å². The molecule has 0 saturated heterocycles. The lowest BCUT2D eigenvalue weighted by molar-refractivity contribution is -0.115. The highest BCUT2D eigenvalue weighted by Crippen LogP contribution is 2.40.